The molecule has 0 saturated carbocycles. The third-order valence-electron chi connectivity index (χ3n) is 3.55. The van der Waals surface area contributed by atoms with Crippen LogP contribution in [-0.2, 0) is 0 Å². The Bertz CT molecular complexity index is 214. The second-order valence-electron chi connectivity index (χ2n) is 4.62. The first-order chi connectivity index (χ1) is 6.23. The Morgan fingerprint density at radius 1 is 1.46 bits per heavy atom. The Labute approximate surface area is 80.2 Å². The number of nitrogens with zero attached hydrogens (tertiary/aromatic N) is 1. The van der Waals surface area contributed by atoms with E-state index in [1.54, 1.807) is 0 Å². The van der Waals surface area contributed by atoms with Crippen LogP contribution in [0.1, 0.15) is 25.7 Å². The van der Waals surface area contributed by atoms with Gasteiger partial charge in [-0.15, -0.1) is 0 Å². The predicted molar refractivity (Wildman–Crippen MR) is 53.5 cm³/mol. The number of hydrogen-bond acceptors (Lipinski definition) is 2. The SMILES string of the molecule is CN1CCCC2(CCC=CC2O)C1. The minimum absolute atomic E-state index is 0.182. The molecule has 13 heavy (non-hydrogen) atoms. The molecule has 2 atom stereocenters. The summed E-state index contributed by atoms with van der Waals surface area (Å²) in [6, 6.07) is 0. The molecular formula is C11H19NO. The Hall–Kier alpha value is -0.340. The fraction of sp³-hybridized carbons (Fsp3) is 0.818. The highest BCUT2D eigenvalue weighted by Gasteiger charge is 2.40. The average Bonchev–Trinajstić information content (AvgIpc) is 2.11. The molecule has 1 spiro atoms. The number of allylic oxidation sites excluding steroid dienone is 1. The molecule has 2 rings (SSSR count). The molecule has 0 aromatic rings. The van der Waals surface area contributed by atoms with Crippen LogP contribution < -0.4 is 0 Å². The summed E-state index contributed by atoms with van der Waals surface area (Å²) in [5.74, 6) is 0. The summed E-state index contributed by atoms with van der Waals surface area (Å²) in [5.41, 5.74) is 0.182. The Kier molecular flexibility index (Phi) is 2.43. The van der Waals surface area contributed by atoms with E-state index < -0.39 is 0 Å². The van der Waals surface area contributed by atoms with Gasteiger partial charge >= 0.3 is 0 Å². The molecule has 2 heteroatoms. The van der Waals surface area contributed by atoms with Crippen molar-refractivity contribution >= 4 is 0 Å². The van der Waals surface area contributed by atoms with Crippen molar-refractivity contribution in [3.05, 3.63) is 12.2 Å². The zero-order valence-electron chi connectivity index (χ0n) is 8.37. The molecular weight excluding hydrogens is 162 g/mol. The second kappa shape index (κ2) is 3.43. The van der Waals surface area contributed by atoms with Crippen LogP contribution in [0.3, 0.4) is 0 Å². The average molecular weight is 181 g/mol. The molecule has 0 bridgehead atoms. The van der Waals surface area contributed by atoms with Gasteiger partial charge in [0.2, 0.25) is 0 Å². The Balaban J connectivity index is 2.13. The first-order valence-corrected chi connectivity index (χ1v) is 5.26. The maximum atomic E-state index is 9.99. The predicted octanol–water partition coefficient (Wildman–Crippen LogP) is 1.41. The fourth-order valence-electron chi connectivity index (χ4n) is 2.79. The van der Waals surface area contributed by atoms with Crippen LogP contribution in [0.2, 0.25) is 0 Å². The third kappa shape index (κ3) is 1.65. The number of aliphatic hydroxyl groups excluding tert-OH is 1. The van der Waals surface area contributed by atoms with Crippen molar-refractivity contribution in [3.8, 4) is 0 Å². The topological polar surface area (TPSA) is 23.5 Å². The molecule has 1 heterocycles. The summed E-state index contributed by atoms with van der Waals surface area (Å²) in [4.78, 5) is 2.35. The molecule has 0 aromatic carbocycles. The van der Waals surface area contributed by atoms with Crippen LogP contribution in [0.5, 0.6) is 0 Å². The molecule has 1 fully saturated rings. The van der Waals surface area contributed by atoms with Gasteiger partial charge in [-0.3, -0.25) is 0 Å². The molecule has 2 aliphatic rings. The van der Waals surface area contributed by atoms with Crippen molar-refractivity contribution in [3.63, 3.8) is 0 Å². The zero-order valence-corrected chi connectivity index (χ0v) is 8.37. The van der Waals surface area contributed by atoms with E-state index in [2.05, 4.69) is 18.0 Å². The van der Waals surface area contributed by atoms with Crippen molar-refractivity contribution in [2.24, 2.45) is 5.41 Å². The van der Waals surface area contributed by atoms with Gasteiger partial charge in [0.05, 0.1) is 6.10 Å². The van der Waals surface area contributed by atoms with Gasteiger partial charge in [-0.05, 0) is 39.3 Å². The van der Waals surface area contributed by atoms with E-state index in [0.29, 0.717) is 0 Å². The maximum Gasteiger partial charge on any atom is 0.0789 e. The first kappa shape index (κ1) is 9.22. The van der Waals surface area contributed by atoms with Gasteiger partial charge in [0.15, 0.2) is 0 Å². The quantitative estimate of drug-likeness (QED) is 0.571. The molecule has 2 nitrogen and oxygen atoms in total. The zero-order chi connectivity index (χ0) is 9.31. The van der Waals surface area contributed by atoms with E-state index in [9.17, 15) is 5.11 Å². The number of aliphatic hydroxyl groups is 1. The minimum Gasteiger partial charge on any atom is -0.388 e. The highest BCUT2D eigenvalue weighted by molar-refractivity contribution is 5.07. The highest BCUT2D eigenvalue weighted by atomic mass is 16.3. The fourth-order valence-corrected chi connectivity index (χ4v) is 2.79. The highest BCUT2D eigenvalue weighted by Crippen LogP contribution is 2.40. The number of rotatable bonds is 0. The van der Waals surface area contributed by atoms with E-state index in [0.717, 1.165) is 19.4 Å². The molecule has 1 saturated heterocycles. The molecule has 1 aliphatic carbocycles. The molecule has 2 unspecified atom stereocenters. The molecule has 0 amide bonds. The van der Waals surface area contributed by atoms with Gasteiger partial charge in [-0.2, -0.15) is 0 Å². The van der Waals surface area contributed by atoms with E-state index in [1.165, 1.54) is 19.4 Å². The molecule has 0 radical (unpaired) electrons. The Morgan fingerprint density at radius 3 is 3.00 bits per heavy atom. The lowest BCUT2D eigenvalue weighted by atomic mass is 9.70. The van der Waals surface area contributed by atoms with E-state index in [-0.39, 0.29) is 11.5 Å². The molecule has 0 aromatic heterocycles. The standard InChI is InChI=1S/C11H19NO/c1-12-8-4-7-11(9-12)6-3-2-5-10(11)13/h2,5,10,13H,3-4,6-9H2,1H3. The van der Waals surface area contributed by atoms with Gasteiger partial charge in [0, 0.05) is 12.0 Å². The maximum absolute atomic E-state index is 9.99. The summed E-state index contributed by atoms with van der Waals surface area (Å²) in [5, 5.41) is 9.99. The monoisotopic (exact) mass is 181 g/mol. The van der Waals surface area contributed by atoms with Crippen LogP contribution >= 0.6 is 0 Å². The normalized spacial score (nSPS) is 41.2. The molecule has 1 N–H and O–H groups in total. The van der Waals surface area contributed by atoms with Gasteiger partial charge in [-0.25, -0.2) is 0 Å². The lowest BCUT2D eigenvalue weighted by Crippen LogP contribution is -2.48. The summed E-state index contributed by atoms with van der Waals surface area (Å²) < 4.78 is 0. The smallest absolute Gasteiger partial charge is 0.0789 e. The summed E-state index contributed by atoms with van der Waals surface area (Å²) in [6.07, 6.45) is 8.64. The number of likely N-dealkylation sites (tertiary alicyclic amines) is 1. The number of piperidine rings is 1. The van der Waals surface area contributed by atoms with Crippen molar-refractivity contribution in [2.75, 3.05) is 20.1 Å². The van der Waals surface area contributed by atoms with Crippen molar-refractivity contribution in [2.45, 2.75) is 31.8 Å². The van der Waals surface area contributed by atoms with E-state index >= 15 is 0 Å². The van der Waals surface area contributed by atoms with Gasteiger partial charge in [0.1, 0.15) is 0 Å². The van der Waals surface area contributed by atoms with E-state index in [1.807, 2.05) is 6.08 Å². The van der Waals surface area contributed by atoms with E-state index in [4.69, 9.17) is 0 Å². The van der Waals surface area contributed by atoms with Crippen LogP contribution in [0.25, 0.3) is 0 Å². The van der Waals surface area contributed by atoms with Crippen molar-refractivity contribution in [1.29, 1.82) is 0 Å². The first-order valence-electron chi connectivity index (χ1n) is 5.26. The van der Waals surface area contributed by atoms with Gasteiger partial charge < -0.3 is 10.0 Å². The van der Waals surface area contributed by atoms with Crippen molar-refractivity contribution in [1.82, 2.24) is 4.90 Å². The Morgan fingerprint density at radius 2 is 2.31 bits per heavy atom. The van der Waals surface area contributed by atoms with Gasteiger partial charge in [-0.1, -0.05) is 12.2 Å². The summed E-state index contributed by atoms with van der Waals surface area (Å²) >= 11 is 0. The van der Waals surface area contributed by atoms with Crippen LogP contribution in [-0.4, -0.2) is 36.2 Å². The van der Waals surface area contributed by atoms with Crippen LogP contribution in [0.15, 0.2) is 12.2 Å². The molecule has 74 valence electrons. The van der Waals surface area contributed by atoms with Crippen molar-refractivity contribution < 1.29 is 5.11 Å². The molecule has 1 aliphatic heterocycles. The lowest BCUT2D eigenvalue weighted by molar-refractivity contribution is -0.00961. The van der Waals surface area contributed by atoms with Crippen LogP contribution in [0.4, 0.5) is 0 Å². The lowest BCUT2D eigenvalue weighted by Gasteiger charge is -2.45. The summed E-state index contributed by atoms with van der Waals surface area (Å²) in [7, 11) is 2.16. The number of hydrogen-bond donors (Lipinski definition) is 1. The minimum atomic E-state index is -0.205. The second-order valence-corrected chi connectivity index (χ2v) is 4.62. The third-order valence-corrected chi connectivity index (χ3v) is 3.55. The summed E-state index contributed by atoms with van der Waals surface area (Å²) in [6.45, 7) is 2.26. The van der Waals surface area contributed by atoms with Crippen LogP contribution in [0, 0.1) is 5.41 Å². The largest absolute Gasteiger partial charge is 0.388 e. The van der Waals surface area contributed by atoms with Gasteiger partial charge in [0.25, 0.3) is 0 Å².